The second-order valence-electron chi connectivity index (χ2n) is 6.13. The van der Waals surface area contributed by atoms with Crippen LogP contribution >= 0.6 is 11.6 Å². The quantitative estimate of drug-likeness (QED) is 0.715. The van der Waals surface area contributed by atoms with Crippen LogP contribution in [0.2, 0.25) is 5.02 Å². The zero-order chi connectivity index (χ0) is 18.5. The maximum atomic E-state index is 12.3. The number of rotatable bonds is 6. The van der Waals surface area contributed by atoms with Crippen LogP contribution in [0.4, 0.5) is 16.2 Å². The summed E-state index contributed by atoms with van der Waals surface area (Å²) >= 11 is 6.03. The standard InChI is InChI=1S/C19H20ClN3O3/c1-12(26-17-5-3-2-4-16(17)20)18(24)21-13-6-8-14(9-7-13)22-19(25)23-15-10-11-15/h2-9,12,15H,10-11H2,1H3,(H,21,24)(H2,22,23,25). The Balaban J connectivity index is 1.51. The first-order chi connectivity index (χ1) is 12.5. The molecule has 26 heavy (non-hydrogen) atoms. The zero-order valence-electron chi connectivity index (χ0n) is 14.3. The first-order valence-electron chi connectivity index (χ1n) is 8.41. The Morgan fingerprint density at radius 3 is 2.27 bits per heavy atom. The SMILES string of the molecule is CC(Oc1ccccc1Cl)C(=O)Nc1ccc(NC(=O)NC2CC2)cc1. The monoisotopic (exact) mass is 373 g/mol. The van der Waals surface area contributed by atoms with E-state index in [4.69, 9.17) is 16.3 Å². The molecular formula is C19H20ClN3O3. The lowest BCUT2D eigenvalue weighted by Crippen LogP contribution is -2.30. The summed E-state index contributed by atoms with van der Waals surface area (Å²) in [5.41, 5.74) is 1.26. The van der Waals surface area contributed by atoms with E-state index in [1.54, 1.807) is 55.5 Å². The van der Waals surface area contributed by atoms with Crippen molar-refractivity contribution in [1.82, 2.24) is 5.32 Å². The van der Waals surface area contributed by atoms with Gasteiger partial charge in [0.25, 0.3) is 5.91 Å². The number of carbonyl (C=O) groups is 2. The largest absolute Gasteiger partial charge is 0.479 e. The minimum atomic E-state index is -0.711. The number of benzene rings is 2. The van der Waals surface area contributed by atoms with Crippen LogP contribution in [0.1, 0.15) is 19.8 Å². The summed E-state index contributed by atoms with van der Waals surface area (Å²) < 4.78 is 5.59. The van der Waals surface area contributed by atoms with Gasteiger partial charge in [0.15, 0.2) is 6.10 Å². The average molecular weight is 374 g/mol. The van der Waals surface area contributed by atoms with Crippen LogP contribution < -0.4 is 20.7 Å². The molecule has 0 aliphatic heterocycles. The predicted octanol–water partition coefficient (Wildman–Crippen LogP) is 4.03. The summed E-state index contributed by atoms with van der Waals surface area (Å²) in [6.07, 6.45) is 1.36. The molecule has 1 fully saturated rings. The van der Waals surface area contributed by atoms with Crippen molar-refractivity contribution in [2.75, 3.05) is 10.6 Å². The van der Waals surface area contributed by atoms with Crippen LogP contribution in [0.25, 0.3) is 0 Å². The molecule has 0 spiro atoms. The Bertz CT molecular complexity index is 791. The fourth-order valence-electron chi connectivity index (χ4n) is 2.25. The highest BCUT2D eigenvalue weighted by molar-refractivity contribution is 6.32. The molecule has 3 rings (SSSR count). The molecule has 7 heteroatoms. The Kier molecular flexibility index (Phi) is 5.63. The van der Waals surface area contributed by atoms with E-state index < -0.39 is 6.10 Å². The number of halogens is 1. The van der Waals surface area contributed by atoms with Crippen molar-refractivity contribution in [3.8, 4) is 5.75 Å². The summed E-state index contributed by atoms with van der Waals surface area (Å²) in [5, 5.41) is 8.82. The molecule has 0 bridgehead atoms. The van der Waals surface area contributed by atoms with Gasteiger partial charge < -0.3 is 20.7 Å². The molecule has 6 nitrogen and oxygen atoms in total. The number of hydrogen-bond acceptors (Lipinski definition) is 3. The van der Waals surface area contributed by atoms with E-state index >= 15 is 0 Å². The van der Waals surface area contributed by atoms with Gasteiger partial charge in [-0.05, 0) is 56.2 Å². The van der Waals surface area contributed by atoms with Crippen LogP contribution in [0, 0.1) is 0 Å². The van der Waals surface area contributed by atoms with E-state index in [1.165, 1.54) is 0 Å². The molecule has 0 aromatic heterocycles. The first kappa shape index (κ1) is 18.1. The van der Waals surface area contributed by atoms with Gasteiger partial charge in [-0.1, -0.05) is 23.7 Å². The lowest BCUT2D eigenvalue weighted by atomic mass is 10.2. The van der Waals surface area contributed by atoms with Crippen molar-refractivity contribution in [2.24, 2.45) is 0 Å². The molecule has 0 radical (unpaired) electrons. The molecule has 1 atom stereocenters. The highest BCUT2D eigenvalue weighted by Crippen LogP contribution is 2.24. The summed E-state index contributed by atoms with van der Waals surface area (Å²) in [5.74, 6) is 0.162. The fourth-order valence-corrected chi connectivity index (χ4v) is 2.43. The van der Waals surface area contributed by atoms with Gasteiger partial charge in [0.05, 0.1) is 5.02 Å². The van der Waals surface area contributed by atoms with Gasteiger partial charge in [0, 0.05) is 17.4 Å². The molecule has 136 valence electrons. The second-order valence-corrected chi connectivity index (χ2v) is 6.54. The maximum Gasteiger partial charge on any atom is 0.319 e. The number of hydrogen-bond donors (Lipinski definition) is 3. The number of amides is 3. The zero-order valence-corrected chi connectivity index (χ0v) is 15.0. The topological polar surface area (TPSA) is 79.5 Å². The van der Waals surface area contributed by atoms with Gasteiger partial charge in [-0.15, -0.1) is 0 Å². The minimum absolute atomic E-state index is 0.217. The molecule has 1 unspecified atom stereocenters. The molecule has 0 heterocycles. The van der Waals surface area contributed by atoms with Gasteiger partial charge in [-0.3, -0.25) is 4.79 Å². The molecule has 1 aliphatic rings. The van der Waals surface area contributed by atoms with Crippen molar-refractivity contribution in [2.45, 2.75) is 31.9 Å². The molecule has 3 N–H and O–H groups in total. The highest BCUT2D eigenvalue weighted by atomic mass is 35.5. The normalized spacial score (nSPS) is 14.2. The Labute approximate surface area is 156 Å². The minimum Gasteiger partial charge on any atom is -0.479 e. The molecule has 3 amide bonds. The third-order valence-corrected chi connectivity index (χ3v) is 4.14. The summed E-state index contributed by atoms with van der Waals surface area (Å²) in [6.45, 7) is 1.65. The smallest absolute Gasteiger partial charge is 0.319 e. The third kappa shape index (κ3) is 5.13. The van der Waals surface area contributed by atoms with Gasteiger partial charge in [0.2, 0.25) is 0 Å². The van der Waals surface area contributed by atoms with Gasteiger partial charge in [-0.2, -0.15) is 0 Å². The van der Waals surface area contributed by atoms with E-state index in [0.717, 1.165) is 12.8 Å². The summed E-state index contributed by atoms with van der Waals surface area (Å²) in [6, 6.07) is 13.9. The molecule has 2 aromatic rings. The first-order valence-corrected chi connectivity index (χ1v) is 8.78. The van der Waals surface area contributed by atoms with Crippen LogP contribution in [-0.2, 0) is 4.79 Å². The van der Waals surface area contributed by atoms with Crippen LogP contribution in [-0.4, -0.2) is 24.1 Å². The Hall–Kier alpha value is -2.73. The summed E-state index contributed by atoms with van der Waals surface area (Å²) in [4.78, 5) is 24.0. The van der Waals surface area contributed by atoms with Crippen LogP contribution in [0.3, 0.4) is 0 Å². The molecule has 1 saturated carbocycles. The second kappa shape index (κ2) is 8.10. The van der Waals surface area contributed by atoms with Crippen LogP contribution in [0.5, 0.6) is 5.75 Å². The van der Waals surface area contributed by atoms with E-state index in [9.17, 15) is 9.59 Å². The number of anilines is 2. The van der Waals surface area contributed by atoms with Gasteiger partial charge >= 0.3 is 6.03 Å². The molecular weight excluding hydrogens is 354 g/mol. The van der Waals surface area contributed by atoms with Gasteiger partial charge in [-0.25, -0.2) is 4.79 Å². The van der Waals surface area contributed by atoms with Crippen molar-refractivity contribution < 1.29 is 14.3 Å². The van der Waals surface area contributed by atoms with E-state index in [1.807, 2.05) is 0 Å². The number of carbonyl (C=O) groups excluding carboxylic acids is 2. The maximum absolute atomic E-state index is 12.3. The highest BCUT2D eigenvalue weighted by Gasteiger charge is 2.23. The summed E-state index contributed by atoms with van der Waals surface area (Å²) in [7, 11) is 0. The van der Waals surface area contributed by atoms with Crippen LogP contribution in [0.15, 0.2) is 48.5 Å². The van der Waals surface area contributed by atoms with Crippen molar-refractivity contribution in [3.05, 3.63) is 53.6 Å². The predicted molar refractivity (Wildman–Crippen MR) is 102 cm³/mol. The number of nitrogens with one attached hydrogen (secondary N) is 3. The lowest BCUT2D eigenvalue weighted by Gasteiger charge is -2.15. The number of urea groups is 1. The van der Waals surface area contributed by atoms with Crippen molar-refractivity contribution in [1.29, 1.82) is 0 Å². The number of ether oxygens (including phenoxy) is 1. The average Bonchev–Trinajstić information content (AvgIpc) is 3.42. The van der Waals surface area contributed by atoms with Gasteiger partial charge in [0.1, 0.15) is 5.75 Å². The molecule has 0 saturated heterocycles. The fraction of sp³-hybridized carbons (Fsp3) is 0.263. The van der Waals surface area contributed by atoms with Crippen molar-refractivity contribution >= 4 is 34.9 Å². The van der Waals surface area contributed by atoms with Crippen molar-refractivity contribution in [3.63, 3.8) is 0 Å². The molecule has 1 aliphatic carbocycles. The lowest BCUT2D eigenvalue weighted by molar-refractivity contribution is -0.122. The molecule has 2 aromatic carbocycles. The Morgan fingerprint density at radius 1 is 1.04 bits per heavy atom. The Morgan fingerprint density at radius 2 is 1.65 bits per heavy atom. The third-order valence-electron chi connectivity index (χ3n) is 3.83. The number of para-hydroxylation sites is 1. The van der Waals surface area contributed by atoms with E-state index in [-0.39, 0.29) is 11.9 Å². The van der Waals surface area contributed by atoms with E-state index in [2.05, 4.69) is 16.0 Å². The van der Waals surface area contributed by atoms with E-state index in [0.29, 0.717) is 28.2 Å².